The summed E-state index contributed by atoms with van der Waals surface area (Å²) in [5.41, 5.74) is 4.97. The summed E-state index contributed by atoms with van der Waals surface area (Å²) in [6.45, 7) is 11.4. The minimum Gasteiger partial charge on any atom is -0.345 e. The maximum absolute atomic E-state index is 12.8. The number of carbonyl (C=O) groups is 1. The lowest BCUT2D eigenvalue weighted by molar-refractivity contribution is 0.0949. The molecule has 0 aliphatic rings. The van der Waals surface area contributed by atoms with E-state index < -0.39 is 0 Å². The third kappa shape index (κ3) is 3.80. The van der Waals surface area contributed by atoms with Crippen LogP contribution in [0.2, 0.25) is 0 Å². The summed E-state index contributed by atoms with van der Waals surface area (Å²) in [5, 5.41) is 9.92. The molecule has 2 heterocycles. The Morgan fingerprint density at radius 1 is 1.25 bits per heavy atom. The number of aromatic amines is 1. The van der Waals surface area contributed by atoms with Crippen LogP contribution in [0.5, 0.6) is 0 Å². The molecule has 1 amide bonds. The zero-order valence-corrected chi connectivity index (χ0v) is 17.9. The maximum Gasteiger partial charge on any atom is 0.253 e. The Bertz CT molecular complexity index is 1040. The molecule has 28 heavy (non-hydrogen) atoms. The summed E-state index contributed by atoms with van der Waals surface area (Å²) in [5.74, 6) is 1.10. The molecule has 0 fully saturated rings. The van der Waals surface area contributed by atoms with Crippen molar-refractivity contribution in [3.8, 4) is 5.69 Å². The Labute approximate surface area is 170 Å². The van der Waals surface area contributed by atoms with Gasteiger partial charge in [0, 0.05) is 23.6 Å². The van der Waals surface area contributed by atoms with Gasteiger partial charge < -0.3 is 14.5 Å². The summed E-state index contributed by atoms with van der Waals surface area (Å²) in [4.78, 5) is 12.8. The molecule has 0 bridgehead atoms. The average molecular weight is 398 g/mol. The van der Waals surface area contributed by atoms with E-state index in [1.165, 1.54) is 5.56 Å². The molecule has 3 rings (SSSR count). The lowest BCUT2D eigenvalue weighted by Crippen LogP contribution is -2.25. The number of nitrogens with one attached hydrogen (secondary N) is 2. The number of amides is 1. The highest BCUT2D eigenvalue weighted by Crippen LogP contribution is 2.23. The van der Waals surface area contributed by atoms with Gasteiger partial charge in [-0.3, -0.25) is 9.89 Å². The molecule has 2 N–H and O–H groups in total. The Morgan fingerprint density at radius 3 is 2.54 bits per heavy atom. The van der Waals surface area contributed by atoms with E-state index in [0.717, 1.165) is 22.9 Å². The van der Waals surface area contributed by atoms with E-state index in [2.05, 4.69) is 58.2 Å². The van der Waals surface area contributed by atoms with Crippen molar-refractivity contribution in [3.63, 3.8) is 0 Å². The normalized spacial score (nSPS) is 11.2. The number of H-pyrrole nitrogens is 1. The van der Waals surface area contributed by atoms with E-state index in [-0.39, 0.29) is 5.91 Å². The molecule has 1 aromatic carbocycles. The number of hydrogen-bond acceptors (Lipinski definition) is 3. The second kappa shape index (κ2) is 8.14. The van der Waals surface area contributed by atoms with Gasteiger partial charge in [0.05, 0.1) is 12.1 Å². The molecule has 7 heteroatoms. The van der Waals surface area contributed by atoms with E-state index in [1.807, 2.05) is 31.4 Å². The number of nitrogens with zero attached hydrogens (tertiary/aromatic N) is 3. The second-order valence-electron chi connectivity index (χ2n) is 7.24. The molecule has 6 nitrogen and oxygen atoms in total. The number of carbonyl (C=O) groups excluding carboxylic acids is 1. The topological polar surface area (TPSA) is 67.6 Å². The van der Waals surface area contributed by atoms with Gasteiger partial charge in [0.2, 0.25) is 0 Å². The largest absolute Gasteiger partial charge is 0.345 e. The van der Waals surface area contributed by atoms with Gasteiger partial charge in [-0.05, 0) is 62.7 Å². The van der Waals surface area contributed by atoms with Gasteiger partial charge >= 0.3 is 0 Å². The quantitative estimate of drug-likeness (QED) is 0.605. The SMILES string of the molecule is CCn1c(CNC(=O)c2cc(C)n(-c3ccc(C(C)C)cc3)c2C)n[nH]c1=S. The van der Waals surface area contributed by atoms with Crippen LogP contribution in [-0.4, -0.2) is 25.2 Å². The lowest BCUT2D eigenvalue weighted by atomic mass is 10.0. The molecule has 0 spiro atoms. The van der Waals surface area contributed by atoms with Gasteiger partial charge in [-0.25, -0.2) is 0 Å². The van der Waals surface area contributed by atoms with Gasteiger partial charge in [-0.2, -0.15) is 5.10 Å². The first-order valence-electron chi connectivity index (χ1n) is 9.55. The molecular formula is C21H27N5OS. The van der Waals surface area contributed by atoms with Gasteiger partial charge in [0.1, 0.15) is 0 Å². The van der Waals surface area contributed by atoms with Crippen molar-refractivity contribution in [1.29, 1.82) is 0 Å². The molecule has 0 unspecified atom stereocenters. The Hall–Kier alpha value is -2.67. The van der Waals surface area contributed by atoms with E-state index in [4.69, 9.17) is 12.2 Å². The first-order valence-corrected chi connectivity index (χ1v) is 9.95. The van der Waals surface area contributed by atoms with E-state index in [0.29, 0.717) is 29.3 Å². The number of benzene rings is 1. The van der Waals surface area contributed by atoms with Crippen LogP contribution in [0.3, 0.4) is 0 Å². The molecule has 0 radical (unpaired) electrons. The van der Waals surface area contributed by atoms with Crippen molar-refractivity contribution in [2.75, 3.05) is 0 Å². The fraction of sp³-hybridized carbons (Fsp3) is 0.381. The van der Waals surface area contributed by atoms with E-state index in [9.17, 15) is 4.79 Å². The minimum absolute atomic E-state index is 0.116. The molecule has 0 saturated carbocycles. The smallest absolute Gasteiger partial charge is 0.253 e. The van der Waals surface area contributed by atoms with Crippen molar-refractivity contribution in [2.24, 2.45) is 0 Å². The molecule has 2 aromatic heterocycles. The van der Waals surface area contributed by atoms with Gasteiger partial charge in [0.15, 0.2) is 10.6 Å². The molecule has 0 saturated heterocycles. The van der Waals surface area contributed by atoms with E-state index >= 15 is 0 Å². The van der Waals surface area contributed by atoms with Crippen LogP contribution in [-0.2, 0) is 13.1 Å². The first kappa shape index (κ1) is 20.1. The van der Waals surface area contributed by atoms with Crippen LogP contribution >= 0.6 is 12.2 Å². The molecule has 148 valence electrons. The van der Waals surface area contributed by atoms with Crippen LogP contribution in [0.4, 0.5) is 0 Å². The maximum atomic E-state index is 12.8. The van der Waals surface area contributed by atoms with Crippen molar-refractivity contribution >= 4 is 18.1 Å². The zero-order chi connectivity index (χ0) is 20.4. The summed E-state index contributed by atoms with van der Waals surface area (Å²) < 4.78 is 4.55. The highest BCUT2D eigenvalue weighted by Gasteiger charge is 2.17. The van der Waals surface area contributed by atoms with Gasteiger partial charge in [-0.1, -0.05) is 26.0 Å². The summed E-state index contributed by atoms with van der Waals surface area (Å²) >= 11 is 5.19. The number of aryl methyl sites for hydroxylation is 1. The fourth-order valence-electron chi connectivity index (χ4n) is 3.46. The van der Waals surface area contributed by atoms with Crippen LogP contribution in [0.15, 0.2) is 30.3 Å². The zero-order valence-electron chi connectivity index (χ0n) is 17.0. The second-order valence-corrected chi connectivity index (χ2v) is 7.63. The minimum atomic E-state index is -0.116. The first-order chi connectivity index (χ1) is 13.3. The van der Waals surface area contributed by atoms with Crippen molar-refractivity contribution in [2.45, 2.75) is 53.6 Å². The predicted molar refractivity (Wildman–Crippen MR) is 114 cm³/mol. The fourth-order valence-corrected chi connectivity index (χ4v) is 3.74. The van der Waals surface area contributed by atoms with Crippen molar-refractivity contribution in [3.05, 3.63) is 63.4 Å². The van der Waals surface area contributed by atoms with E-state index in [1.54, 1.807) is 0 Å². The Balaban J connectivity index is 1.82. The summed E-state index contributed by atoms with van der Waals surface area (Å²) in [6.07, 6.45) is 0. The monoisotopic (exact) mass is 397 g/mol. The van der Waals surface area contributed by atoms with Crippen LogP contribution in [0.25, 0.3) is 5.69 Å². The highest BCUT2D eigenvalue weighted by atomic mass is 32.1. The summed E-state index contributed by atoms with van der Waals surface area (Å²) in [7, 11) is 0. The third-order valence-electron chi connectivity index (χ3n) is 5.05. The standard InChI is InChI=1S/C21H27N5OS/c1-6-25-19(23-24-21(25)28)12-22-20(27)18-11-14(4)26(15(18)5)17-9-7-16(8-10-17)13(2)3/h7-11,13H,6,12H2,1-5H3,(H,22,27)(H,24,28). The number of aromatic nitrogens is 4. The number of rotatable bonds is 6. The molecule has 3 aromatic rings. The van der Waals surface area contributed by atoms with Crippen molar-refractivity contribution in [1.82, 2.24) is 24.6 Å². The van der Waals surface area contributed by atoms with Crippen LogP contribution < -0.4 is 5.32 Å². The lowest BCUT2D eigenvalue weighted by Gasteiger charge is -2.12. The Morgan fingerprint density at radius 2 is 1.93 bits per heavy atom. The summed E-state index contributed by atoms with van der Waals surface area (Å²) in [6, 6.07) is 10.4. The highest BCUT2D eigenvalue weighted by molar-refractivity contribution is 7.71. The Kier molecular flexibility index (Phi) is 5.84. The predicted octanol–water partition coefficient (Wildman–Crippen LogP) is 4.42. The van der Waals surface area contributed by atoms with Crippen LogP contribution in [0.1, 0.15) is 59.8 Å². The van der Waals surface area contributed by atoms with Crippen molar-refractivity contribution < 1.29 is 4.79 Å². The molecular weight excluding hydrogens is 370 g/mol. The molecule has 0 aliphatic heterocycles. The molecule has 0 aliphatic carbocycles. The molecule has 0 atom stereocenters. The number of hydrogen-bond donors (Lipinski definition) is 2. The average Bonchev–Trinajstić information content (AvgIpc) is 3.18. The van der Waals surface area contributed by atoms with Gasteiger partial charge in [0.25, 0.3) is 5.91 Å². The van der Waals surface area contributed by atoms with Gasteiger partial charge in [-0.15, -0.1) is 0 Å². The van der Waals surface area contributed by atoms with Crippen LogP contribution in [0, 0.1) is 18.6 Å². The third-order valence-corrected chi connectivity index (χ3v) is 5.37.